The van der Waals surface area contributed by atoms with Crippen molar-refractivity contribution in [3.63, 3.8) is 0 Å². The van der Waals surface area contributed by atoms with Crippen LogP contribution in [0.5, 0.6) is 0 Å². The van der Waals surface area contributed by atoms with E-state index < -0.39 is 11.9 Å². The third-order valence-corrected chi connectivity index (χ3v) is 7.20. The molecule has 1 saturated carbocycles. The van der Waals surface area contributed by atoms with Gasteiger partial charge in [-0.2, -0.15) is 0 Å². The fourth-order valence-corrected chi connectivity index (χ4v) is 5.30. The molecule has 2 aliphatic heterocycles. The lowest BCUT2D eigenvalue weighted by molar-refractivity contribution is -0.137. The summed E-state index contributed by atoms with van der Waals surface area (Å²) in [4.78, 5) is 50.7. The van der Waals surface area contributed by atoms with Crippen LogP contribution in [-0.2, 0) is 20.9 Å². The average molecular weight is 469 g/mol. The minimum absolute atomic E-state index is 0.114. The van der Waals surface area contributed by atoms with Crippen LogP contribution in [0.2, 0.25) is 0 Å². The van der Waals surface area contributed by atoms with Crippen LogP contribution in [0.1, 0.15) is 93.0 Å². The SMILES string of the molecule is O=C1CCC(N2Cc3c(NCCCC(=O)NC4CCCCCCCC4)cccc3C2=O)C(=O)N1. The van der Waals surface area contributed by atoms with Gasteiger partial charge in [-0.05, 0) is 37.8 Å². The molecule has 2 fully saturated rings. The lowest BCUT2D eigenvalue weighted by Crippen LogP contribution is -2.52. The van der Waals surface area contributed by atoms with Crippen LogP contribution in [0.15, 0.2) is 18.2 Å². The van der Waals surface area contributed by atoms with Crippen molar-refractivity contribution < 1.29 is 19.2 Å². The summed E-state index contributed by atoms with van der Waals surface area (Å²) in [5.74, 6) is -0.759. The number of anilines is 1. The summed E-state index contributed by atoms with van der Waals surface area (Å²) in [7, 11) is 0. The van der Waals surface area contributed by atoms with E-state index in [0.29, 0.717) is 44.0 Å². The molecular weight excluding hydrogens is 432 g/mol. The van der Waals surface area contributed by atoms with Gasteiger partial charge in [-0.25, -0.2) is 0 Å². The monoisotopic (exact) mass is 468 g/mol. The first-order chi connectivity index (χ1) is 16.5. The van der Waals surface area contributed by atoms with Crippen LogP contribution in [0.3, 0.4) is 0 Å². The molecular formula is C26H36N4O4. The summed E-state index contributed by atoms with van der Waals surface area (Å²) in [6, 6.07) is 5.22. The molecule has 184 valence electrons. The minimum Gasteiger partial charge on any atom is -0.385 e. The van der Waals surface area contributed by atoms with Crippen molar-refractivity contribution in [2.24, 2.45) is 0 Å². The number of nitrogens with one attached hydrogen (secondary N) is 3. The molecule has 0 aromatic heterocycles. The van der Waals surface area contributed by atoms with Crippen molar-refractivity contribution in [2.45, 2.75) is 95.7 Å². The quantitative estimate of drug-likeness (QED) is 0.421. The molecule has 34 heavy (non-hydrogen) atoms. The van der Waals surface area contributed by atoms with Gasteiger partial charge in [0, 0.05) is 48.8 Å². The summed E-state index contributed by atoms with van der Waals surface area (Å²) >= 11 is 0. The van der Waals surface area contributed by atoms with Crippen LogP contribution in [0, 0.1) is 0 Å². The third-order valence-electron chi connectivity index (χ3n) is 7.20. The van der Waals surface area contributed by atoms with E-state index in [4.69, 9.17) is 0 Å². The van der Waals surface area contributed by atoms with E-state index in [2.05, 4.69) is 16.0 Å². The molecule has 0 spiro atoms. The second-order valence-corrected chi connectivity index (χ2v) is 9.73. The average Bonchev–Trinajstić information content (AvgIpc) is 3.20. The first-order valence-corrected chi connectivity index (χ1v) is 12.8. The number of hydrogen-bond donors (Lipinski definition) is 3. The molecule has 1 atom stereocenters. The Labute approximate surface area is 201 Å². The first-order valence-electron chi connectivity index (χ1n) is 12.8. The van der Waals surface area contributed by atoms with Crippen LogP contribution in [-0.4, -0.2) is 47.2 Å². The van der Waals surface area contributed by atoms with Gasteiger partial charge < -0.3 is 15.5 Å². The summed E-state index contributed by atoms with van der Waals surface area (Å²) in [5.41, 5.74) is 2.32. The Hall–Kier alpha value is -2.90. The van der Waals surface area contributed by atoms with Crippen LogP contribution >= 0.6 is 0 Å². The Morgan fingerprint density at radius 1 is 1.00 bits per heavy atom. The molecule has 1 unspecified atom stereocenters. The van der Waals surface area contributed by atoms with Crippen molar-refractivity contribution >= 4 is 29.3 Å². The lowest BCUT2D eigenvalue weighted by Gasteiger charge is -2.29. The molecule has 0 bridgehead atoms. The molecule has 4 amide bonds. The Bertz CT molecular complexity index is 921. The normalized spacial score (nSPS) is 21.8. The van der Waals surface area contributed by atoms with Crippen molar-refractivity contribution in [3.05, 3.63) is 29.3 Å². The van der Waals surface area contributed by atoms with Crippen molar-refractivity contribution in [2.75, 3.05) is 11.9 Å². The number of rotatable bonds is 7. The van der Waals surface area contributed by atoms with E-state index in [9.17, 15) is 19.2 Å². The second-order valence-electron chi connectivity index (χ2n) is 9.73. The predicted molar refractivity (Wildman–Crippen MR) is 129 cm³/mol. The number of fused-ring (bicyclic) bond motifs is 1. The third kappa shape index (κ3) is 5.96. The molecule has 1 aliphatic carbocycles. The molecule has 0 radical (unpaired) electrons. The van der Waals surface area contributed by atoms with Crippen molar-refractivity contribution in [3.8, 4) is 0 Å². The molecule has 1 aromatic carbocycles. The highest BCUT2D eigenvalue weighted by molar-refractivity contribution is 6.06. The summed E-state index contributed by atoms with van der Waals surface area (Å²) < 4.78 is 0. The Morgan fingerprint density at radius 3 is 2.47 bits per heavy atom. The Kier molecular flexibility index (Phi) is 8.19. The first kappa shape index (κ1) is 24.2. The molecule has 4 rings (SSSR count). The maximum Gasteiger partial charge on any atom is 0.255 e. The van der Waals surface area contributed by atoms with Gasteiger partial charge in [0.05, 0.1) is 0 Å². The smallest absolute Gasteiger partial charge is 0.255 e. The largest absolute Gasteiger partial charge is 0.385 e. The zero-order chi connectivity index (χ0) is 23.9. The number of nitrogens with zero attached hydrogens (tertiary/aromatic N) is 1. The number of amides is 4. The molecule has 8 nitrogen and oxygen atoms in total. The minimum atomic E-state index is -0.619. The van der Waals surface area contributed by atoms with Gasteiger partial charge in [0.15, 0.2) is 0 Å². The van der Waals surface area contributed by atoms with Gasteiger partial charge in [0.25, 0.3) is 5.91 Å². The summed E-state index contributed by atoms with van der Waals surface area (Å²) in [6.45, 7) is 0.965. The zero-order valence-electron chi connectivity index (χ0n) is 19.9. The number of carbonyl (C=O) groups is 4. The maximum atomic E-state index is 12.9. The van der Waals surface area contributed by atoms with Gasteiger partial charge in [0.1, 0.15) is 6.04 Å². The Balaban J connectivity index is 1.26. The van der Waals surface area contributed by atoms with Crippen molar-refractivity contribution in [1.82, 2.24) is 15.5 Å². The van der Waals surface area contributed by atoms with Gasteiger partial charge in [-0.15, -0.1) is 0 Å². The number of carbonyl (C=O) groups excluding carboxylic acids is 4. The Morgan fingerprint density at radius 2 is 1.74 bits per heavy atom. The number of piperidine rings is 1. The molecule has 3 N–H and O–H groups in total. The highest BCUT2D eigenvalue weighted by Gasteiger charge is 2.39. The molecule has 1 aromatic rings. The van der Waals surface area contributed by atoms with Crippen molar-refractivity contribution in [1.29, 1.82) is 0 Å². The van der Waals surface area contributed by atoms with E-state index in [1.54, 1.807) is 11.0 Å². The van der Waals surface area contributed by atoms with E-state index in [1.807, 2.05) is 12.1 Å². The molecule has 2 heterocycles. The number of benzene rings is 1. The highest BCUT2D eigenvalue weighted by atomic mass is 16.2. The number of hydrogen-bond acceptors (Lipinski definition) is 5. The fraction of sp³-hybridized carbons (Fsp3) is 0.615. The van der Waals surface area contributed by atoms with Gasteiger partial charge in [-0.3, -0.25) is 24.5 Å². The lowest BCUT2D eigenvalue weighted by atomic mass is 10.0. The molecule has 8 heteroatoms. The molecule has 3 aliphatic rings. The highest BCUT2D eigenvalue weighted by Crippen LogP contribution is 2.32. The van der Waals surface area contributed by atoms with Gasteiger partial charge in [0.2, 0.25) is 17.7 Å². The van der Waals surface area contributed by atoms with Crippen LogP contribution in [0.4, 0.5) is 5.69 Å². The van der Waals surface area contributed by atoms with Gasteiger partial charge in [-0.1, -0.05) is 44.6 Å². The van der Waals surface area contributed by atoms with Crippen LogP contribution in [0.25, 0.3) is 0 Å². The topological polar surface area (TPSA) is 108 Å². The maximum absolute atomic E-state index is 12.9. The van der Waals surface area contributed by atoms with Crippen LogP contribution < -0.4 is 16.0 Å². The predicted octanol–water partition coefficient (Wildman–Crippen LogP) is 3.26. The molecule has 1 saturated heterocycles. The van der Waals surface area contributed by atoms with Gasteiger partial charge >= 0.3 is 0 Å². The van der Waals surface area contributed by atoms with E-state index in [0.717, 1.165) is 24.1 Å². The summed E-state index contributed by atoms with van der Waals surface area (Å²) in [6.07, 6.45) is 11.5. The van der Waals surface area contributed by atoms with E-state index in [1.165, 1.54) is 38.5 Å². The van der Waals surface area contributed by atoms with E-state index in [-0.39, 0.29) is 24.1 Å². The summed E-state index contributed by atoms with van der Waals surface area (Å²) in [5, 5.41) is 8.94. The second kappa shape index (κ2) is 11.5. The standard InChI is InChI=1S/C26H36N4O4/c31-23(28-18-9-5-3-1-2-4-6-10-18)13-8-16-27-21-12-7-11-19-20(21)17-30(26(19)34)22-14-15-24(32)29-25(22)33/h7,11-12,18,22,27H,1-6,8-10,13-17H2,(H,28,31)(H,29,32,33). The fourth-order valence-electron chi connectivity index (χ4n) is 5.30. The zero-order valence-corrected chi connectivity index (χ0v) is 19.9. The van der Waals surface area contributed by atoms with E-state index >= 15 is 0 Å². The number of imide groups is 1.